The number of hydrogen-bond donors (Lipinski definition) is 1. The summed E-state index contributed by atoms with van der Waals surface area (Å²) in [7, 11) is 0. The summed E-state index contributed by atoms with van der Waals surface area (Å²) >= 11 is 12.8. The number of halogens is 4. The Morgan fingerprint density at radius 3 is 2.21 bits per heavy atom. The van der Waals surface area contributed by atoms with Gasteiger partial charge in [0.25, 0.3) is 0 Å². The third-order valence-corrected chi connectivity index (χ3v) is 7.53. The highest BCUT2D eigenvalue weighted by Crippen LogP contribution is 2.34. The van der Waals surface area contributed by atoms with Crippen molar-refractivity contribution in [2.24, 2.45) is 0 Å². The predicted octanol–water partition coefficient (Wildman–Crippen LogP) is 5.97. The van der Waals surface area contributed by atoms with Crippen LogP contribution in [0.25, 0.3) is 28.0 Å². The van der Waals surface area contributed by atoms with Gasteiger partial charge in [-0.1, -0.05) is 35.3 Å². The number of nitrogen functional groups attached to an aromatic ring is 1. The van der Waals surface area contributed by atoms with Gasteiger partial charge in [0.05, 0.1) is 16.8 Å². The summed E-state index contributed by atoms with van der Waals surface area (Å²) in [4.78, 5) is 14.0. The molecule has 1 aliphatic heterocycles. The van der Waals surface area contributed by atoms with Gasteiger partial charge in [0.15, 0.2) is 5.65 Å². The molecule has 2 aromatic heterocycles. The van der Waals surface area contributed by atoms with E-state index in [1.807, 2.05) is 18.2 Å². The second-order valence-electron chi connectivity index (χ2n) is 9.32. The molecule has 0 radical (unpaired) electrons. The zero-order valence-corrected chi connectivity index (χ0v) is 22.2. The van der Waals surface area contributed by atoms with Crippen LogP contribution in [0.4, 0.5) is 20.5 Å². The first-order valence-electron chi connectivity index (χ1n) is 12.4. The third-order valence-electron chi connectivity index (χ3n) is 6.83. The molecular formula is C28H23Cl2F2N7. The molecule has 0 bridgehead atoms. The van der Waals surface area contributed by atoms with Gasteiger partial charge >= 0.3 is 0 Å². The average molecular weight is 566 g/mol. The van der Waals surface area contributed by atoms with Gasteiger partial charge in [-0.05, 0) is 54.6 Å². The monoisotopic (exact) mass is 565 g/mol. The Hall–Kier alpha value is -3.79. The van der Waals surface area contributed by atoms with Crippen molar-refractivity contribution in [2.75, 3.05) is 36.8 Å². The van der Waals surface area contributed by atoms with Crippen LogP contribution in [0.15, 0.2) is 66.7 Å². The molecule has 39 heavy (non-hydrogen) atoms. The number of fused-ring (bicyclic) bond motifs is 1. The Labute approximate surface area is 233 Å². The summed E-state index contributed by atoms with van der Waals surface area (Å²) in [5.41, 5.74) is 9.45. The second kappa shape index (κ2) is 10.4. The van der Waals surface area contributed by atoms with E-state index in [4.69, 9.17) is 38.9 Å². The molecule has 6 rings (SSSR count). The van der Waals surface area contributed by atoms with Crippen molar-refractivity contribution in [3.63, 3.8) is 0 Å². The van der Waals surface area contributed by atoms with Crippen molar-refractivity contribution in [2.45, 2.75) is 6.54 Å². The molecule has 0 saturated carbocycles. The molecule has 198 valence electrons. The minimum absolute atomic E-state index is 0.267. The van der Waals surface area contributed by atoms with E-state index in [1.54, 1.807) is 24.3 Å². The summed E-state index contributed by atoms with van der Waals surface area (Å²) in [6.07, 6.45) is 0. The Morgan fingerprint density at radius 1 is 0.821 bits per heavy atom. The number of aromatic nitrogens is 4. The van der Waals surface area contributed by atoms with Gasteiger partial charge in [-0.3, -0.25) is 4.90 Å². The van der Waals surface area contributed by atoms with E-state index in [9.17, 15) is 8.78 Å². The van der Waals surface area contributed by atoms with Crippen molar-refractivity contribution >= 4 is 46.0 Å². The molecule has 2 N–H and O–H groups in total. The van der Waals surface area contributed by atoms with E-state index in [-0.39, 0.29) is 11.6 Å². The maximum Gasteiger partial charge on any atom is 0.228 e. The number of piperazine rings is 1. The van der Waals surface area contributed by atoms with Crippen LogP contribution in [-0.4, -0.2) is 50.8 Å². The van der Waals surface area contributed by atoms with Crippen LogP contribution < -0.4 is 10.6 Å². The predicted molar refractivity (Wildman–Crippen MR) is 150 cm³/mol. The van der Waals surface area contributed by atoms with Crippen LogP contribution in [0, 0.1) is 11.6 Å². The van der Waals surface area contributed by atoms with E-state index < -0.39 is 5.82 Å². The van der Waals surface area contributed by atoms with Crippen molar-refractivity contribution in [3.05, 3.63) is 94.0 Å². The minimum atomic E-state index is -0.409. The molecule has 3 aromatic carbocycles. The van der Waals surface area contributed by atoms with Gasteiger partial charge in [-0.15, -0.1) is 5.10 Å². The fraction of sp³-hybridized carbons (Fsp3) is 0.179. The molecule has 11 heteroatoms. The number of anilines is 2. The van der Waals surface area contributed by atoms with E-state index in [0.717, 1.165) is 18.7 Å². The van der Waals surface area contributed by atoms with Crippen LogP contribution in [0.2, 0.25) is 10.0 Å². The molecule has 7 nitrogen and oxygen atoms in total. The largest absolute Gasteiger partial charge is 0.383 e. The van der Waals surface area contributed by atoms with E-state index >= 15 is 0 Å². The van der Waals surface area contributed by atoms with Crippen LogP contribution in [0.1, 0.15) is 5.56 Å². The quantitative estimate of drug-likeness (QED) is 0.283. The van der Waals surface area contributed by atoms with Crippen molar-refractivity contribution < 1.29 is 8.78 Å². The summed E-state index contributed by atoms with van der Waals surface area (Å²) in [5, 5.41) is 6.42. The zero-order chi connectivity index (χ0) is 27.1. The molecule has 1 aliphatic rings. The summed E-state index contributed by atoms with van der Waals surface area (Å²) in [6, 6.07) is 17.5. The highest BCUT2D eigenvalue weighted by atomic mass is 35.5. The number of hydrogen-bond acceptors (Lipinski definition) is 6. The number of nitrogens with zero attached hydrogens (tertiary/aromatic N) is 6. The third kappa shape index (κ3) is 5.01. The van der Waals surface area contributed by atoms with Gasteiger partial charge in [-0.2, -0.15) is 4.98 Å². The highest BCUT2D eigenvalue weighted by Gasteiger charge is 2.25. The minimum Gasteiger partial charge on any atom is -0.383 e. The van der Waals surface area contributed by atoms with E-state index in [0.29, 0.717) is 63.6 Å². The summed E-state index contributed by atoms with van der Waals surface area (Å²) in [5.74, 6) is -0.0144. The fourth-order valence-electron chi connectivity index (χ4n) is 4.78. The van der Waals surface area contributed by atoms with E-state index in [1.165, 1.54) is 28.9 Å². The van der Waals surface area contributed by atoms with Crippen molar-refractivity contribution in [3.8, 4) is 16.9 Å². The molecule has 0 unspecified atom stereocenters. The average Bonchev–Trinajstić information content (AvgIpc) is 3.27. The van der Waals surface area contributed by atoms with Gasteiger partial charge < -0.3 is 10.6 Å². The molecule has 1 saturated heterocycles. The van der Waals surface area contributed by atoms with E-state index in [2.05, 4.69) is 14.9 Å². The van der Waals surface area contributed by atoms with Crippen LogP contribution >= 0.6 is 23.2 Å². The van der Waals surface area contributed by atoms with Gasteiger partial charge in [0, 0.05) is 53.9 Å². The van der Waals surface area contributed by atoms with Crippen LogP contribution in [-0.2, 0) is 6.54 Å². The molecule has 5 aromatic rings. The lowest BCUT2D eigenvalue weighted by Gasteiger charge is -2.35. The lowest BCUT2D eigenvalue weighted by atomic mass is 10.1. The Kier molecular flexibility index (Phi) is 6.80. The van der Waals surface area contributed by atoms with Gasteiger partial charge in [-0.25, -0.2) is 18.4 Å². The Bertz CT molecular complexity index is 1650. The molecule has 1 fully saturated rings. The molecule has 3 heterocycles. The molecular weight excluding hydrogens is 543 g/mol. The fourth-order valence-corrected chi connectivity index (χ4v) is 5.29. The smallest absolute Gasteiger partial charge is 0.228 e. The normalized spacial score (nSPS) is 14.3. The maximum absolute atomic E-state index is 14.0. The highest BCUT2D eigenvalue weighted by molar-refractivity contribution is 6.35. The van der Waals surface area contributed by atoms with Crippen LogP contribution in [0.5, 0.6) is 0 Å². The van der Waals surface area contributed by atoms with Crippen molar-refractivity contribution in [1.29, 1.82) is 0 Å². The lowest BCUT2D eigenvalue weighted by molar-refractivity contribution is 0.249. The van der Waals surface area contributed by atoms with Crippen LogP contribution in [0.3, 0.4) is 0 Å². The lowest BCUT2D eigenvalue weighted by Crippen LogP contribution is -2.46. The zero-order valence-electron chi connectivity index (χ0n) is 20.7. The second-order valence-corrected chi connectivity index (χ2v) is 10.1. The SMILES string of the molecule is Nc1c2c(-c3ccc(F)cc3)nc(N3CCN(Cc4c(Cl)cccc4Cl)CC3)nc2nn1-c1cccc(F)c1. The van der Waals surface area contributed by atoms with Gasteiger partial charge in [0.2, 0.25) is 5.95 Å². The Morgan fingerprint density at radius 2 is 1.51 bits per heavy atom. The topological polar surface area (TPSA) is 76.1 Å². The summed E-state index contributed by atoms with van der Waals surface area (Å²) in [6.45, 7) is 3.46. The first-order valence-corrected chi connectivity index (χ1v) is 13.1. The molecule has 0 aliphatic carbocycles. The first kappa shape index (κ1) is 25.5. The first-order chi connectivity index (χ1) is 18.9. The number of benzene rings is 3. The Balaban J connectivity index is 1.35. The van der Waals surface area contributed by atoms with Crippen molar-refractivity contribution in [1.82, 2.24) is 24.6 Å². The molecule has 0 spiro atoms. The molecule has 0 atom stereocenters. The summed E-state index contributed by atoms with van der Waals surface area (Å²) < 4.78 is 29.2. The number of nitrogens with two attached hydrogens (primary N) is 1. The number of rotatable bonds is 5. The standard InChI is InChI=1S/C28H23Cl2F2N7/c29-22-5-2-6-23(30)21(22)16-37-11-13-38(14-12-37)28-34-25(17-7-9-18(31)10-8-17)24-26(33)39(36-27(24)35-28)20-4-1-3-19(32)15-20/h1-10,15H,11-14,16,33H2. The maximum atomic E-state index is 14.0. The molecule has 0 amide bonds. The van der Waals surface area contributed by atoms with Gasteiger partial charge in [0.1, 0.15) is 17.5 Å².